The predicted octanol–water partition coefficient (Wildman–Crippen LogP) is 1.98. The zero-order chi connectivity index (χ0) is 13.7. The molecule has 0 saturated carbocycles. The molecule has 0 aliphatic carbocycles. The van der Waals surface area contributed by atoms with Crippen molar-refractivity contribution in [3.63, 3.8) is 0 Å². The van der Waals surface area contributed by atoms with Gasteiger partial charge in [-0.25, -0.2) is 4.98 Å². The molecule has 1 aromatic carbocycles. The van der Waals surface area contributed by atoms with E-state index in [1.165, 1.54) is 18.4 Å². The second-order valence-corrected chi connectivity index (χ2v) is 4.95. The van der Waals surface area contributed by atoms with E-state index >= 15 is 0 Å². The summed E-state index contributed by atoms with van der Waals surface area (Å²) < 4.78 is 5.51. The minimum atomic E-state index is -0.269. The molecule has 0 unspecified atom stereocenters. The number of nitrogens with zero attached hydrogens (tertiary/aromatic N) is 1. The number of para-hydroxylation sites is 1. The molecule has 2 rings (SSSR count). The highest BCUT2D eigenvalue weighted by Gasteiger charge is 2.11. The van der Waals surface area contributed by atoms with Crippen LogP contribution in [0.1, 0.15) is 22.6 Å². The first kappa shape index (κ1) is 13.5. The Morgan fingerprint density at radius 1 is 1.37 bits per heavy atom. The summed E-state index contributed by atoms with van der Waals surface area (Å²) in [6.07, 6.45) is 0.861. The number of amides is 1. The molecule has 1 amide bonds. The van der Waals surface area contributed by atoms with Gasteiger partial charge in [0.2, 0.25) is 0 Å². The van der Waals surface area contributed by atoms with Crippen LogP contribution in [0.4, 0.5) is 0 Å². The molecule has 1 heterocycles. The average molecular weight is 278 g/mol. The summed E-state index contributed by atoms with van der Waals surface area (Å²) >= 11 is 1.36. The first-order valence-electron chi connectivity index (χ1n) is 5.91. The van der Waals surface area contributed by atoms with Crippen molar-refractivity contribution < 1.29 is 14.3 Å². The number of carbonyl (C=O) groups excluding carboxylic acids is 2. The minimum Gasteiger partial charge on any atom is -0.469 e. The number of aromatic nitrogens is 1. The van der Waals surface area contributed by atoms with Gasteiger partial charge in [-0.05, 0) is 18.6 Å². The minimum absolute atomic E-state index is 0.203. The number of esters is 1. The largest absolute Gasteiger partial charge is 0.469 e. The van der Waals surface area contributed by atoms with Crippen LogP contribution in [0, 0.1) is 0 Å². The van der Waals surface area contributed by atoms with Crippen LogP contribution >= 0.6 is 11.3 Å². The van der Waals surface area contributed by atoms with Crippen molar-refractivity contribution in [2.75, 3.05) is 13.7 Å². The number of benzene rings is 1. The van der Waals surface area contributed by atoms with Crippen LogP contribution in [0.3, 0.4) is 0 Å². The van der Waals surface area contributed by atoms with Crippen LogP contribution in [-0.4, -0.2) is 30.5 Å². The summed E-state index contributed by atoms with van der Waals surface area (Å²) in [5.41, 5.74) is 0.826. The Balaban J connectivity index is 1.87. The van der Waals surface area contributed by atoms with E-state index in [1.54, 1.807) is 0 Å². The maximum absolute atomic E-state index is 11.8. The highest BCUT2D eigenvalue weighted by molar-refractivity contribution is 7.20. The molecule has 0 aliphatic heterocycles. The lowest BCUT2D eigenvalue weighted by atomic mass is 10.3. The molecule has 0 aliphatic rings. The Kier molecular flexibility index (Phi) is 4.46. The number of ether oxygens (including phenoxy) is 1. The van der Waals surface area contributed by atoms with Crippen LogP contribution < -0.4 is 5.32 Å². The van der Waals surface area contributed by atoms with Crippen molar-refractivity contribution >= 4 is 33.4 Å². The fourth-order valence-corrected chi connectivity index (χ4v) is 2.46. The zero-order valence-electron chi connectivity index (χ0n) is 10.5. The van der Waals surface area contributed by atoms with E-state index < -0.39 is 0 Å². The van der Waals surface area contributed by atoms with E-state index in [4.69, 9.17) is 0 Å². The molecule has 0 bridgehead atoms. The molecule has 100 valence electrons. The Morgan fingerprint density at radius 3 is 2.89 bits per heavy atom. The lowest BCUT2D eigenvalue weighted by Crippen LogP contribution is -2.24. The number of carbonyl (C=O) groups is 2. The van der Waals surface area contributed by atoms with Gasteiger partial charge in [-0.2, -0.15) is 0 Å². The summed E-state index contributed by atoms with van der Waals surface area (Å²) in [5, 5.41) is 3.18. The van der Waals surface area contributed by atoms with Crippen molar-refractivity contribution in [3.8, 4) is 0 Å². The molecule has 0 spiro atoms. The first-order chi connectivity index (χ1) is 9.20. The summed E-state index contributed by atoms with van der Waals surface area (Å²) in [6.45, 7) is 0.434. The van der Waals surface area contributed by atoms with Gasteiger partial charge in [-0.1, -0.05) is 12.1 Å². The molecular weight excluding hydrogens is 264 g/mol. The Bertz CT molecular complexity index is 561. The number of thiazole rings is 1. The van der Waals surface area contributed by atoms with Crippen LogP contribution in [0.5, 0.6) is 0 Å². The molecule has 0 fully saturated rings. The fourth-order valence-electron chi connectivity index (χ4n) is 1.58. The summed E-state index contributed by atoms with van der Waals surface area (Å²) in [4.78, 5) is 27.0. The number of nitrogens with one attached hydrogen (secondary N) is 1. The van der Waals surface area contributed by atoms with Crippen molar-refractivity contribution in [2.45, 2.75) is 12.8 Å². The quantitative estimate of drug-likeness (QED) is 0.670. The topological polar surface area (TPSA) is 68.3 Å². The van der Waals surface area contributed by atoms with Gasteiger partial charge in [0.05, 0.1) is 17.3 Å². The molecule has 2 aromatic rings. The lowest BCUT2D eigenvalue weighted by Gasteiger charge is -2.01. The summed E-state index contributed by atoms with van der Waals surface area (Å²) in [5.74, 6) is -0.472. The van der Waals surface area contributed by atoms with Crippen LogP contribution in [0.15, 0.2) is 24.3 Å². The second kappa shape index (κ2) is 6.29. The van der Waals surface area contributed by atoms with Crippen molar-refractivity contribution in [2.24, 2.45) is 0 Å². The van der Waals surface area contributed by atoms with Gasteiger partial charge >= 0.3 is 5.97 Å². The normalized spacial score (nSPS) is 10.4. The van der Waals surface area contributed by atoms with Crippen LogP contribution in [0.2, 0.25) is 0 Å². The summed E-state index contributed by atoms with van der Waals surface area (Å²) in [7, 11) is 1.35. The SMILES string of the molecule is COC(=O)CCCNC(=O)c1nc2ccccc2s1. The monoisotopic (exact) mass is 278 g/mol. The maximum Gasteiger partial charge on any atom is 0.305 e. The van der Waals surface area contributed by atoms with Gasteiger partial charge in [0.1, 0.15) is 0 Å². The molecular formula is C13H14N2O3S. The van der Waals surface area contributed by atoms with Crippen LogP contribution in [0.25, 0.3) is 10.2 Å². The van der Waals surface area contributed by atoms with E-state index in [2.05, 4.69) is 15.0 Å². The number of methoxy groups -OCH3 is 1. The first-order valence-corrected chi connectivity index (χ1v) is 6.73. The van der Waals surface area contributed by atoms with Crippen molar-refractivity contribution in [1.82, 2.24) is 10.3 Å². The van der Waals surface area contributed by atoms with Gasteiger partial charge in [0.15, 0.2) is 5.01 Å². The van der Waals surface area contributed by atoms with Gasteiger partial charge < -0.3 is 10.1 Å². The second-order valence-electron chi connectivity index (χ2n) is 3.92. The Morgan fingerprint density at radius 2 is 2.16 bits per heavy atom. The maximum atomic E-state index is 11.8. The van der Waals surface area contributed by atoms with Crippen LogP contribution in [-0.2, 0) is 9.53 Å². The number of hydrogen-bond acceptors (Lipinski definition) is 5. The van der Waals surface area contributed by atoms with Gasteiger partial charge in [0, 0.05) is 13.0 Å². The fraction of sp³-hybridized carbons (Fsp3) is 0.308. The molecule has 5 nitrogen and oxygen atoms in total. The van der Waals surface area contributed by atoms with Gasteiger partial charge in [0.25, 0.3) is 5.91 Å². The Hall–Kier alpha value is -1.95. The number of rotatable bonds is 5. The highest BCUT2D eigenvalue weighted by atomic mass is 32.1. The molecule has 6 heteroatoms. The van der Waals surface area contributed by atoms with Crippen molar-refractivity contribution in [3.05, 3.63) is 29.3 Å². The summed E-state index contributed by atoms with van der Waals surface area (Å²) in [6, 6.07) is 7.61. The molecule has 0 radical (unpaired) electrons. The number of hydrogen-bond donors (Lipinski definition) is 1. The predicted molar refractivity (Wildman–Crippen MR) is 73.2 cm³/mol. The van der Waals surface area contributed by atoms with E-state index in [-0.39, 0.29) is 11.9 Å². The molecule has 0 saturated heterocycles. The highest BCUT2D eigenvalue weighted by Crippen LogP contribution is 2.21. The standard InChI is InChI=1S/C13H14N2O3S/c1-18-11(16)7-4-8-14-12(17)13-15-9-5-2-3-6-10(9)19-13/h2-3,5-6H,4,7-8H2,1H3,(H,14,17). The van der Waals surface area contributed by atoms with E-state index in [9.17, 15) is 9.59 Å². The third-order valence-electron chi connectivity index (χ3n) is 2.56. The zero-order valence-corrected chi connectivity index (χ0v) is 11.3. The van der Waals surface area contributed by atoms with E-state index in [0.29, 0.717) is 24.4 Å². The molecule has 0 atom stereocenters. The van der Waals surface area contributed by atoms with Gasteiger partial charge in [-0.15, -0.1) is 11.3 Å². The van der Waals surface area contributed by atoms with E-state index in [1.807, 2.05) is 24.3 Å². The van der Waals surface area contributed by atoms with Crippen molar-refractivity contribution in [1.29, 1.82) is 0 Å². The molecule has 1 aromatic heterocycles. The number of fused-ring (bicyclic) bond motifs is 1. The lowest BCUT2D eigenvalue weighted by molar-refractivity contribution is -0.140. The third-order valence-corrected chi connectivity index (χ3v) is 3.59. The smallest absolute Gasteiger partial charge is 0.305 e. The molecule has 1 N–H and O–H groups in total. The average Bonchev–Trinajstić information content (AvgIpc) is 2.87. The van der Waals surface area contributed by atoms with E-state index in [0.717, 1.165) is 10.2 Å². The molecule has 19 heavy (non-hydrogen) atoms. The Labute approximate surface area is 114 Å². The van der Waals surface area contributed by atoms with Gasteiger partial charge in [-0.3, -0.25) is 9.59 Å². The third kappa shape index (κ3) is 3.51.